The molecule has 0 spiro atoms. The summed E-state index contributed by atoms with van der Waals surface area (Å²) in [6.45, 7) is 0.253. The van der Waals surface area contributed by atoms with E-state index in [9.17, 15) is 9.65 Å². The van der Waals surface area contributed by atoms with Gasteiger partial charge in [-0.1, -0.05) is 18.2 Å². The van der Waals surface area contributed by atoms with Gasteiger partial charge in [-0.3, -0.25) is 0 Å². The van der Waals surface area contributed by atoms with Crippen molar-refractivity contribution >= 4 is 22.2 Å². The van der Waals surface area contributed by atoms with Gasteiger partial charge >= 0.3 is 0 Å². The SMILES string of the molecule is N#Cc1cc(-c2ccoc2)c2ccc(COc3cc(F)cc(-c4cccs4)c3)cc2n1. The molecule has 3 heterocycles. The summed E-state index contributed by atoms with van der Waals surface area (Å²) in [6, 6.07) is 20.1. The van der Waals surface area contributed by atoms with Crippen molar-refractivity contribution in [1.29, 1.82) is 5.26 Å². The third-order valence-corrected chi connectivity index (χ3v) is 5.82. The van der Waals surface area contributed by atoms with Crippen molar-refractivity contribution in [2.75, 3.05) is 0 Å². The minimum absolute atomic E-state index is 0.253. The highest BCUT2D eigenvalue weighted by Crippen LogP contribution is 2.31. The van der Waals surface area contributed by atoms with Crippen molar-refractivity contribution in [2.24, 2.45) is 0 Å². The highest BCUT2D eigenvalue weighted by Gasteiger charge is 2.11. The lowest BCUT2D eigenvalue weighted by atomic mass is 10.0. The van der Waals surface area contributed by atoms with Crippen LogP contribution in [0.3, 0.4) is 0 Å². The van der Waals surface area contributed by atoms with E-state index in [0.29, 0.717) is 17.0 Å². The Morgan fingerprint density at radius 3 is 2.77 bits per heavy atom. The second-order valence-electron chi connectivity index (χ2n) is 6.97. The number of aromatic nitrogens is 1. The number of nitriles is 1. The third-order valence-electron chi connectivity index (χ3n) is 4.90. The molecule has 5 aromatic rings. The van der Waals surface area contributed by atoms with Gasteiger partial charge in [0.25, 0.3) is 0 Å². The normalized spacial score (nSPS) is 10.8. The largest absolute Gasteiger partial charge is 0.489 e. The van der Waals surface area contributed by atoms with Gasteiger partial charge in [-0.05, 0) is 58.5 Å². The number of nitrogens with zero attached hydrogens (tertiary/aromatic N) is 2. The van der Waals surface area contributed by atoms with Crippen LogP contribution in [-0.4, -0.2) is 4.98 Å². The first-order valence-corrected chi connectivity index (χ1v) is 10.4. The predicted molar refractivity (Wildman–Crippen MR) is 118 cm³/mol. The lowest BCUT2D eigenvalue weighted by Gasteiger charge is -2.10. The maximum Gasteiger partial charge on any atom is 0.141 e. The Hall–Kier alpha value is -3.95. The summed E-state index contributed by atoms with van der Waals surface area (Å²) in [6.07, 6.45) is 3.24. The van der Waals surface area contributed by atoms with E-state index in [2.05, 4.69) is 11.1 Å². The first-order valence-electron chi connectivity index (χ1n) is 9.53. The lowest BCUT2D eigenvalue weighted by Crippen LogP contribution is -1.97. The molecular formula is C25H15FN2O2S. The quantitative estimate of drug-likeness (QED) is 0.310. The van der Waals surface area contributed by atoms with Gasteiger partial charge in [0, 0.05) is 21.9 Å². The summed E-state index contributed by atoms with van der Waals surface area (Å²) >= 11 is 1.55. The van der Waals surface area contributed by atoms with Crippen LogP contribution in [0.1, 0.15) is 11.3 Å². The van der Waals surface area contributed by atoms with Crippen molar-refractivity contribution in [2.45, 2.75) is 6.61 Å². The fraction of sp³-hybridized carbons (Fsp3) is 0.0400. The molecule has 3 aromatic heterocycles. The van der Waals surface area contributed by atoms with Crippen LogP contribution in [0.5, 0.6) is 5.75 Å². The zero-order valence-corrected chi connectivity index (χ0v) is 17.0. The van der Waals surface area contributed by atoms with Crippen molar-refractivity contribution in [3.8, 4) is 33.4 Å². The number of fused-ring (bicyclic) bond motifs is 1. The summed E-state index contributed by atoms with van der Waals surface area (Å²) in [5, 5.41) is 12.2. The van der Waals surface area contributed by atoms with Gasteiger partial charge in [0.1, 0.15) is 29.9 Å². The molecule has 0 saturated carbocycles. The zero-order valence-electron chi connectivity index (χ0n) is 16.2. The van der Waals surface area contributed by atoms with Gasteiger partial charge in [0.15, 0.2) is 0 Å². The van der Waals surface area contributed by atoms with E-state index < -0.39 is 0 Å². The van der Waals surface area contributed by atoms with Crippen LogP contribution in [0.25, 0.3) is 32.5 Å². The van der Waals surface area contributed by atoms with Crippen LogP contribution in [0.4, 0.5) is 4.39 Å². The number of pyridine rings is 1. The average Bonchev–Trinajstić information content (AvgIpc) is 3.51. The van der Waals surface area contributed by atoms with Crippen molar-refractivity contribution in [3.63, 3.8) is 0 Å². The lowest BCUT2D eigenvalue weighted by molar-refractivity contribution is 0.305. The summed E-state index contributed by atoms with van der Waals surface area (Å²) in [5.74, 6) is 0.116. The van der Waals surface area contributed by atoms with Crippen LogP contribution < -0.4 is 4.74 Å². The molecule has 5 rings (SSSR count). The fourth-order valence-corrected chi connectivity index (χ4v) is 4.19. The highest BCUT2D eigenvalue weighted by molar-refractivity contribution is 7.13. The molecule has 0 radical (unpaired) electrons. The van der Waals surface area contributed by atoms with Crippen molar-refractivity contribution < 1.29 is 13.5 Å². The maximum absolute atomic E-state index is 14.1. The van der Waals surface area contributed by atoms with Gasteiger partial charge in [-0.2, -0.15) is 5.26 Å². The molecule has 4 nitrogen and oxygen atoms in total. The Balaban J connectivity index is 1.45. The Morgan fingerprint density at radius 2 is 2.00 bits per heavy atom. The highest BCUT2D eigenvalue weighted by atomic mass is 32.1. The first-order chi connectivity index (χ1) is 15.2. The second-order valence-corrected chi connectivity index (χ2v) is 7.92. The van der Waals surface area contributed by atoms with Gasteiger partial charge in [-0.25, -0.2) is 9.37 Å². The minimum atomic E-state index is -0.343. The van der Waals surface area contributed by atoms with Crippen LogP contribution in [0, 0.1) is 17.1 Å². The number of benzene rings is 2. The minimum Gasteiger partial charge on any atom is -0.489 e. The van der Waals surface area contributed by atoms with Gasteiger partial charge in [0.05, 0.1) is 18.0 Å². The van der Waals surface area contributed by atoms with E-state index >= 15 is 0 Å². The molecule has 0 N–H and O–H groups in total. The number of hydrogen-bond acceptors (Lipinski definition) is 5. The monoisotopic (exact) mass is 426 g/mol. The molecule has 31 heavy (non-hydrogen) atoms. The smallest absolute Gasteiger partial charge is 0.141 e. The van der Waals surface area contributed by atoms with E-state index in [1.807, 2.05) is 47.8 Å². The van der Waals surface area contributed by atoms with E-state index in [0.717, 1.165) is 32.5 Å². The second kappa shape index (κ2) is 8.05. The molecular weight excluding hydrogens is 411 g/mol. The Morgan fingerprint density at radius 1 is 1.06 bits per heavy atom. The molecule has 6 heteroatoms. The molecule has 0 aliphatic heterocycles. The maximum atomic E-state index is 14.1. The average molecular weight is 426 g/mol. The fourth-order valence-electron chi connectivity index (χ4n) is 3.48. The van der Waals surface area contributed by atoms with Crippen LogP contribution >= 0.6 is 11.3 Å². The number of halogens is 1. The summed E-state index contributed by atoms with van der Waals surface area (Å²) in [5.41, 5.74) is 4.44. The van der Waals surface area contributed by atoms with E-state index in [1.165, 1.54) is 12.1 Å². The van der Waals surface area contributed by atoms with Crippen LogP contribution in [0.15, 0.2) is 83.0 Å². The molecule has 0 bridgehead atoms. The van der Waals surface area contributed by atoms with E-state index in [4.69, 9.17) is 9.15 Å². The van der Waals surface area contributed by atoms with Crippen LogP contribution in [0.2, 0.25) is 0 Å². The summed E-state index contributed by atoms with van der Waals surface area (Å²) in [7, 11) is 0. The Kier molecular flexibility index (Phi) is 4.95. The summed E-state index contributed by atoms with van der Waals surface area (Å²) in [4.78, 5) is 5.42. The van der Waals surface area contributed by atoms with Gasteiger partial charge in [-0.15, -0.1) is 11.3 Å². The number of furan rings is 1. The zero-order chi connectivity index (χ0) is 21.2. The number of rotatable bonds is 5. The molecule has 0 fully saturated rings. The molecule has 0 saturated heterocycles. The summed E-state index contributed by atoms with van der Waals surface area (Å²) < 4.78 is 25.2. The van der Waals surface area contributed by atoms with Crippen molar-refractivity contribution in [3.05, 3.63) is 95.6 Å². The molecule has 0 aliphatic carbocycles. The predicted octanol–water partition coefficient (Wildman–Crippen LogP) is 6.81. The molecule has 0 unspecified atom stereocenters. The third kappa shape index (κ3) is 3.91. The van der Waals surface area contributed by atoms with E-state index in [1.54, 1.807) is 29.9 Å². The van der Waals surface area contributed by atoms with Crippen LogP contribution in [-0.2, 0) is 6.61 Å². The Bertz CT molecular complexity index is 1400. The molecule has 150 valence electrons. The van der Waals surface area contributed by atoms with Gasteiger partial charge < -0.3 is 9.15 Å². The first kappa shape index (κ1) is 19.0. The van der Waals surface area contributed by atoms with Gasteiger partial charge in [0.2, 0.25) is 0 Å². The molecule has 0 aliphatic rings. The van der Waals surface area contributed by atoms with Crippen molar-refractivity contribution in [1.82, 2.24) is 4.98 Å². The topological polar surface area (TPSA) is 59.0 Å². The molecule has 2 aromatic carbocycles. The number of hydrogen-bond donors (Lipinski definition) is 0. The standard InChI is InChI=1S/C25H15FN2O2S/c26-19-9-18(25-2-1-7-31-25)10-21(11-19)30-14-16-3-4-22-23(17-5-6-29-15-17)12-20(13-27)28-24(22)8-16/h1-12,15H,14H2. The molecule has 0 atom stereocenters. The number of ether oxygens (including phenoxy) is 1. The molecule has 0 amide bonds. The number of thiophene rings is 1. The van der Waals surface area contributed by atoms with E-state index in [-0.39, 0.29) is 12.4 Å². The Labute approximate surface area is 181 Å².